The van der Waals surface area contributed by atoms with Crippen LogP contribution in [0.1, 0.15) is 12.8 Å². The molecule has 0 amide bonds. The third kappa shape index (κ3) is 0.626. The summed E-state index contributed by atoms with van der Waals surface area (Å²) >= 11 is 4.86. The standard InChI is InChI=1S/C12H15N3S/c13-12(16)15-14-11-9-5-1-3-4-2-6(7(3)9)10(11)8(4)5/h3-9,14H,1-2H2,(H3,13,15,16)/t3-,4-,5+,6+,7+,8-,9-/m0/s1. The van der Waals surface area contributed by atoms with Gasteiger partial charge in [-0.15, -0.1) is 0 Å². The Kier molecular flexibility index (Phi) is 1.18. The second-order valence-corrected chi connectivity index (χ2v) is 6.62. The molecule has 0 aromatic carbocycles. The number of rotatable bonds is 2. The highest BCUT2D eigenvalue weighted by Gasteiger charge is 2.76. The lowest BCUT2D eigenvalue weighted by Gasteiger charge is -2.33. The zero-order chi connectivity index (χ0) is 10.6. The van der Waals surface area contributed by atoms with Gasteiger partial charge < -0.3 is 11.2 Å². The van der Waals surface area contributed by atoms with E-state index in [0.717, 1.165) is 41.4 Å². The normalized spacial score (nSPS) is 57.1. The molecule has 6 bridgehead atoms. The van der Waals surface area contributed by atoms with Crippen LogP contribution in [0.25, 0.3) is 0 Å². The first-order chi connectivity index (χ1) is 7.77. The highest BCUT2D eigenvalue weighted by molar-refractivity contribution is 7.80. The Bertz CT molecular complexity index is 457. The van der Waals surface area contributed by atoms with Crippen LogP contribution in [0.2, 0.25) is 0 Å². The van der Waals surface area contributed by atoms with Gasteiger partial charge in [0.25, 0.3) is 0 Å². The van der Waals surface area contributed by atoms with Crippen LogP contribution in [0, 0.1) is 41.4 Å². The summed E-state index contributed by atoms with van der Waals surface area (Å²) in [6.07, 6.45) is 2.99. The van der Waals surface area contributed by atoms with E-state index in [9.17, 15) is 0 Å². The van der Waals surface area contributed by atoms with Gasteiger partial charge in [0.1, 0.15) is 0 Å². The maximum Gasteiger partial charge on any atom is 0.182 e. The molecular formula is C12H15N3S. The molecule has 6 rings (SSSR count). The number of nitrogens with one attached hydrogen (secondary N) is 2. The third-order valence-electron chi connectivity index (χ3n) is 6.10. The predicted molar refractivity (Wildman–Crippen MR) is 63.7 cm³/mol. The van der Waals surface area contributed by atoms with Crippen molar-refractivity contribution in [1.29, 1.82) is 0 Å². The number of allylic oxidation sites excluding steroid dienone is 2. The summed E-state index contributed by atoms with van der Waals surface area (Å²) in [6, 6.07) is 0. The molecule has 0 radical (unpaired) electrons. The summed E-state index contributed by atoms with van der Waals surface area (Å²) in [7, 11) is 0. The maximum absolute atomic E-state index is 5.49. The average molecular weight is 233 g/mol. The summed E-state index contributed by atoms with van der Waals surface area (Å²) in [5, 5.41) is 0.353. The average Bonchev–Trinajstić information content (AvgIpc) is 2.91. The van der Waals surface area contributed by atoms with Crippen molar-refractivity contribution in [2.75, 3.05) is 0 Å². The Morgan fingerprint density at radius 3 is 2.81 bits per heavy atom. The van der Waals surface area contributed by atoms with Crippen LogP contribution in [-0.4, -0.2) is 5.11 Å². The van der Waals surface area contributed by atoms with Crippen molar-refractivity contribution in [3.63, 3.8) is 0 Å². The summed E-state index contributed by atoms with van der Waals surface area (Å²) in [6.45, 7) is 0. The molecule has 0 heterocycles. The number of hydrogen-bond donors (Lipinski definition) is 3. The molecule has 0 aromatic heterocycles. The van der Waals surface area contributed by atoms with Gasteiger partial charge in [-0.25, -0.2) is 0 Å². The number of thiocarbonyl (C=S) groups is 1. The summed E-state index contributed by atoms with van der Waals surface area (Å²) in [5.74, 6) is 6.79. The largest absolute Gasteiger partial charge is 0.375 e. The van der Waals surface area contributed by atoms with Gasteiger partial charge in [0, 0.05) is 11.6 Å². The number of hydrazine groups is 1. The lowest BCUT2D eigenvalue weighted by Crippen LogP contribution is -2.41. The molecule has 0 saturated heterocycles. The van der Waals surface area contributed by atoms with Gasteiger partial charge in [-0.2, -0.15) is 0 Å². The summed E-state index contributed by atoms with van der Waals surface area (Å²) in [4.78, 5) is 0. The fourth-order valence-corrected chi connectivity index (χ4v) is 6.26. The molecule has 0 aliphatic heterocycles. The first kappa shape index (κ1) is 8.34. The Morgan fingerprint density at radius 2 is 2.06 bits per heavy atom. The molecule has 3 nitrogen and oxygen atoms in total. The van der Waals surface area contributed by atoms with E-state index in [2.05, 4.69) is 10.9 Å². The van der Waals surface area contributed by atoms with Crippen LogP contribution in [0.5, 0.6) is 0 Å². The molecule has 0 unspecified atom stereocenters. The molecule has 0 aromatic rings. The van der Waals surface area contributed by atoms with Crippen LogP contribution in [0.15, 0.2) is 11.3 Å². The Hall–Kier alpha value is -0.770. The van der Waals surface area contributed by atoms with Gasteiger partial charge in [-0.3, -0.25) is 5.43 Å². The molecule has 4 fully saturated rings. The topological polar surface area (TPSA) is 50.1 Å². The van der Waals surface area contributed by atoms with Crippen LogP contribution in [0.4, 0.5) is 0 Å². The van der Waals surface area contributed by atoms with E-state index in [4.69, 9.17) is 18.0 Å². The predicted octanol–water partition coefficient (Wildman–Crippen LogP) is 0.740. The van der Waals surface area contributed by atoms with Crippen LogP contribution < -0.4 is 16.6 Å². The smallest absolute Gasteiger partial charge is 0.182 e. The first-order valence-corrected chi connectivity index (χ1v) is 6.73. The maximum atomic E-state index is 5.49. The van der Waals surface area contributed by atoms with Crippen molar-refractivity contribution in [3.8, 4) is 0 Å². The first-order valence-electron chi connectivity index (χ1n) is 6.33. The van der Waals surface area contributed by atoms with Crippen molar-refractivity contribution < 1.29 is 0 Å². The fourth-order valence-electron chi connectivity index (χ4n) is 6.21. The zero-order valence-corrected chi connectivity index (χ0v) is 9.76. The van der Waals surface area contributed by atoms with Gasteiger partial charge in [0.05, 0.1) is 0 Å². The van der Waals surface area contributed by atoms with Gasteiger partial charge in [0.2, 0.25) is 0 Å². The van der Waals surface area contributed by atoms with Gasteiger partial charge >= 0.3 is 0 Å². The molecule has 6 aliphatic rings. The molecule has 0 spiro atoms. The van der Waals surface area contributed by atoms with Crippen LogP contribution >= 0.6 is 12.2 Å². The molecule has 7 atom stereocenters. The highest BCUT2D eigenvalue weighted by atomic mass is 32.1. The zero-order valence-electron chi connectivity index (χ0n) is 8.94. The molecule has 84 valence electrons. The fraction of sp³-hybridized carbons (Fsp3) is 0.750. The second kappa shape index (κ2) is 2.26. The minimum absolute atomic E-state index is 0.353. The number of hydrogen-bond acceptors (Lipinski definition) is 2. The Labute approximate surface area is 99.8 Å². The molecular weight excluding hydrogens is 218 g/mol. The molecule has 16 heavy (non-hydrogen) atoms. The molecule has 4 heteroatoms. The monoisotopic (exact) mass is 233 g/mol. The second-order valence-electron chi connectivity index (χ2n) is 6.18. The third-order valence-corrected chi connectivity index (χ3v) is 6.20. The quantitative estimate of drug-likeness (QED) is 0.486. The molecule has 6 aliphatic carbocycles. The van der Waals surface area contributed by atoms with Gasteiger partial charge in [-0.1, -0.05) is 0 Å². The highest BCUT2D eigenvalue weighted by Crippen LogP contribution is 2.81. The van der Waals surface area contributed by atoms with Gasteiger partial charge in [0.15, 0.2) is 5.11 Å². The minimum Gasteiger partial charge on any atom is -0.375 e. The van der Waals surface area contributed by atoms with E-state index < -0.39 is 0 Å². The van der Waals surface area contributed by atoms with E-state index in [1.54, 1.807) is 5.57 Å². The van der Waals surface area contributed by atoms with Crippen molar-refractivity contribution in [1.82, 2.24) is 10.9 Å². The Morgan fingerprint density at radius 1 is 1.19 bits per heavy atom. The SMILES string of the molecule is NC(=S)NNC1=C2[C@@H]3[C@H]4C[C@H]5[C@@H]3C[C@@H]2[C@@H]5[C@@H]14. The van der Waals surface area contributed by atoms with E-state index in [0.29, 0.717) is 5.11 Å². The van der Waals surface area contributed by atoms with Crippen LogP contribution in [0.3, 0.4) is 0 Å². The summed E-state index contributed by atoms with van der Waals surface area (Å²) in [5.41, 5.74) is 15.0. The lowest BCUT2D eigenvalue weighted by atomic mass is 9.70. The Balaban J connectivity index is 1.57. The van der Waals surface area contributed by atoms with Crippen molar-refractivity contribution in [2.24, 2.45) is 47.2 Å². The van der Waals surface area contributed by atoms with E-state index in [1.807, 2.05) is 0 Å². The van der Waals surface area contributed by atoms with Crippen LogP contribution in [-0.2, 0) is 0 Å². The van der Waals surface area contributed by atoms with Crippen molar-refractivity contribution in [2.45, 2.75) is 12.8 Å². The van der Waals surface area contributed by atoms with Gasteiger partial charge in [-0.05, 0) is 66.1 Å². The molecule has 4 saturated carbocycles. The van der Waals surface area contributed by atoms with E-state index in [-0.39, 0.29) is 0 Å². The summed E-state index contributed by atoms with van der Waals surface area (Å²) < 4.78 is 0. The van der Waals surface area contributed by atoms with Crippen molar-refractivity contribution >= 4 is 17.3 Å². The molecule has 4 N–H and O–H groups in total. The van der Waals surface area contributed by atoms with E-state index >= 15 is 0 Å². The minimum atomic E-state index is 0.353. The van der Waals surface area contributed by atoms with Crippen molar-refractivity contribution in [3.05, 3.63) is 11.3 Å². The van der Waals surface area contributed by atoms with E-state index in [1.165, 1.54) is 18.5 Å². The lowest BCUT2D eigenvalue weighted by molar-refractivity contribution is 0.183. The number of nitrogens with two attached hydrogens (primary N) is 1.